The van der Waals surface area contributed by atoms with Crippen molar-refractivity contribution < 1.29 is 14.1 Å². The Kier molecular flexibility index (Phi) is 6.43. The van der Waals surface area contributed by atoms with Crippen LogP contribution >= 0.6 is 15.9 Å². The molecule has 0 atom stereocenters. The number of amides is 1. The molecule has 0 radical (unpaired) electrons. The second-order valence-electron chi connectivity index (χ2n) is 5.30. The number of rotatable bonds is 7. The van der Waals surface area contributed by atoms with Crippen LogP contribution in [0.25, 0.3) is 0 Å². The fourth-order valence-electron chi connectivity index (χ4n) is 2.20. The summed E-state index contributed by atoms with van der Waals surface area (Å²) in [4.78, 5) is 21.9. The molecule has 0 aromatic heterocycles. The van der Waals surface area contributed by atoms with Crippen molar-refractivity contribution in [2.24, 2.45) is 0 Å². The van der Waals surface area contributed by atoms with Gasteiger partial charge in [-0.3, -0.25) is 14.9 Å². The van der Waals surface area contributed by atoms with Crippen molar-refractivity contribution >= 4 is 33.2 Å². The largest absolute Gasteiger partial charge is 0.323 e. The Morgan fingerprint density at radius 3 is 2.54 bits per heavy atom. The molecule has 7 heteroatoms. The molecule has 1 N–H and O–H groups in total. The topological polar surface area (TPSA) is 72.2 Å². The first-order valence-electron chi connectivity index (χ1n) is 7.44. The predicted molar refractivity (Wildman–Crippen MR) is 93.4 cm³/mol. The lowest BCUT2D eigenvalue weighted by Gasteiger charge is -2.06. The zero-order chi connectivity index (χ0) is 17.5. The molecular weight excluding hydrogens is 379 g/mol. The van der Waals surface area contributed by atoms with Crippen LogP contribution in [0.3, 0.4) is 0 Å². The lowest BCUT2D eigenvalue weighted by atomic mass is 10.1. The molecule has 2 rings (SSSR count). The summed E-state index contributed by atoms with van der Waals surface area (Å²) in [5, 5.41) is 13.1. The molecule has 0 saturated heterocycles. The maximum Gasteiger partial charge on any atom is 0.271 e. The van der Waals surface area contributed by atoms with Crippen molar-refractivity contribution in [3.05, 3.63) is 68.4 Å². The Morgan fingerprint density at radius 2 is 1.88 bits per heavy atom. The van der Waals surface area contributed by atoms with E-state index < -0.39 is 10.7 Å². The quantitative estimate of drug-likeness (QED) is 0.414. The minimum atomic E-state index is -0.691. The lowest BCUT2D eigenvalue weighted by molar-refractivity contribution is -0.384. The van der Waals surface area contributed by atoms with Crippen LogP contribution in [0.5, 0.6) is 0 Å². The van der Waals surface area contributed by atoms with E-state index in [1.807, 2.05) is 24.3 Å². The average Bonchev–Trinajstić information content (AvgIpc) is 2.55. The van der Waals surface area contributed by atoms with E-state index in [1.165, 1.54) is 5.56 Å². The van der Waals surface area contributed by atoms with Crippen molar-refractivity contribution in [2.45, 2.75) is 25.7 Å². The fourth-order valence-corrected chi connectivity index (χ4v) is 2.47. The summed E-state index contributed by atoms with van der Waals surface area (Å²) in [6.45, 7) is 0. The molecule has 2 aromatic carbocycles. The summed E-state index contributed by atoms with van der Waals surface area (Å²) in [7, 11) is 0. The second-order valence-corrected chi connectivity index (χ2v) is 6.22. The summed E-state index contributed by atoms with van der Waals surface area (Å²) in [6, 6.07) is 11.0. The van der Waals surface area contributed by atoms with Gasteiger partial charge in [0.25, 0.3) is 5.69 Å². The molecule has 0 aliphatic heterocycles. The number of anilines is 1. The molecule has 0 bridgehead atoms. The van der Waals surface area contributed by atoms with E-state index in [9.17, 15) is 19.3 Å². The minimum absolute atomic E-state index is 0.165. The molecule has 2 aromatic rings. The number of nitro groups is 1. The summed E-state index contributed by atoms with van der Waals surface area (Å²) in [5.41, 5.74) is 0.757. The second kappa shape index (κ2) is 8.54. The molecular formula is C17H16BrFN2O3. The number of hydrogen-bond acceptors (Lipinski definition) is 3. The third-order valence-corrected chi connectivity index (χ3v) is 4.00. The van der Waals surface area contributed by atoms with Crippen LogP contribution in [0, 0.1) is 15.9 Å². The Morgan fingerprint density at radius 1 is 1.17 bits per heavy atom. The maximum atomic E-state index is 13.6. The van der Waals surface area contributed by atoms with E-state index in [4.69, 9.17) is 0 Å². The monoisotopic (exact) mass is 394 g/mol. The number of carbonyl (C=O) groups excluding carboxylic acids is 1. The summed E-state index contributed by atoms with van der Waals surface area (Å²) < 4.78 is 14.6. The molecule has 0 heterocycles. The van der Waals surface area contributed by atoms with Gasteiger partial charge in [0.1, 0.15) is 5.82 Å². The van der Waals surface area contributed by atoms with Crippen LogP contribution in [0.4, 0.5) is 15.8 Å². The third-order valence-electron chi connectivity index (χ3n) is 3.47. The van der Waals surface area contributed by atoms with Crippen LogP contribution in [0.1, 0.15) is 24.8 Å². The van der Waals surface area contributed by atoms with E-state index in [-0.39, 0.29) is 23.7 Å². The van der Waals surface area contributed by atoms with Gasteiger partial charge in [0.15, 0.2) is 0 Å². The first kappa shape index (κ1) is 18.1. The van der Waals surface area contributed by atoms with Gasteiger partial charge in [-0.1, -0.05) is 28.1 Å². The molecule has 0 aliphatic rings. The van der Waals surface area contributed by atoms with Gasteiger partial charge < -0.3 is 5.32 Å². The Bertz CT molecular complexity index is 735. The summed E-state index contributed by atoms with van der Waals surface area (Å²) >= 11 is 3.37. The lowest BCUT2D eigenvalue weighted by Crippen LogP contribution is -2.12. The number of nitro benzene ring substituents is 1. The van der Waals surface area contributed by atoms with E-state index in [1.54, 1.807) is 0 Å². The zero-order valence-corrected chi connectivity index (χ0v) is 14.4. The van der Waals surface area contributed by atoms with Crippen LogP contribution in [-0.4, -0.2) is 10.8 Å². The van der Waals surface area contributed by atoms with Crippen molar-refractivity contribution in [2.75, 3.05) is 5.32 Å². The number of hydrogen-bond donors (Lipinski definition) is 1. The highest BCUT2D eigenvalue weighted by atomic mass is 79.9. The maximum absolute atomic E-state index is 13.6. The average molecular weight is 395 g/mol. The van der Waals surface area contributed by atoms with Gasteiger partial charge in [-0.05, 0) is 43.0 Å². The number of non-ortho nitro benzene ring substituents is 1. The van der Waals surface area contributed by atoms with Gasteiger partial charge in [-0.15, -0.1) is 0 Å². The molecule has 1 amide bonds. The molecule has 126 valence electrons. The van der Waals surface area contributed by atoms with Gasteiger partial charge in [0.2, 0.25) is 5.91 Å². The van der Waals surface area contributed by atoms with E-state index in [0.717, 1.165) is 35.5 Å². The molecule has 0 spiro atoms. The Labute approximate surface area is 147 Å². The highest BCUT2D eigenvalue weighted by Crippen LogP contribution is 2.21. The minimum Gasteiger partial charge on any atom is -0.323 e. The molecule has 0 saturated carbocycles. The van der Waals surface area contributed by atoms with Crippen LogP contribution in [0.2, 0.25) is 0 Å². The zero-order valence-electron chi connectivity index (χ0n) is 12.8. The molecule has 0 aliphatic carbocycles. The van der Waals surface area contributed by atoms with Crippen LogP contribution in [0.15, 0.2) is 46.9 Å². The third kappa shape index (κ3) is 5.42. The number of carbonyl (C=O) groups is 1. The smallest absolute Gasteiger partial charge is 0.271 e. The highest BCUT2D eigenvalue weighted by Gasteiger charge is 2.12. The van der Waals surface area contributed by atoms with E-state index in [0.29, 0.717) is 6.42 Å². The van der Waals surface area contributed by atoms with Crippen molar-refractivity contribution in [3.63, 3.8) is 0 Å². The van der Waals surface area contributed by atoms with Crippen molar-refractivity contribution in [1.29, 1.82) is 0 Å². The van der Waals surface area contributed by atoms with Crippen LogP contribution in [-0.2, 0) is 11.2 Å². The predicted octanol–water partition coefficient (Wildman–Crippen LogP) is 4.85. The van der Waals surface area contributed by atoms with Gasteiger partial charge >= 0.3 is 0 Å². The number of nitrogens with zero attached hydrogens (tertiary/aromatic N) is 1. The number of nitrogens with one attached hydrogen (secondary N) is 1. The number of benzene rings is 2. The Balaban J connectivity index is 1.80. The normalized spacial score (nSPS) is 10.4. The standard InChI is InChI=1S/C17H16BrFN2O3/c18-13-7-5-12(6-8-13)3-1-2-4-17(22)20-16-11-14(21(23)24)9-10-15(16)19/h5-11H,1-4H2,(H,20,22). The fraction of sp³-hybridized carbons (Fsp3) is 0.235. The SMILES string of the molecule is O=C(CCCCc1ccc(Br)cc1)Nc1cc([N+](=O)[O-])ccc1F. The number of aryl methyl sites for hydroxylation is 1. The first-order chi connectivity index (χ1) is 11.5. The first-order valence-corrected chi connectivity index (χ1v) is 8.23. The highest BCUT2D eigenvalue weighted by molar-refractivity contribution is 9.10. The van der Waals surface area contributed by atoms with Gasteiger partial charge in [0, 0.05) is 23.0 Å². The molecule has 0 unspecified atom stereocenters. The molecule has 5 nitrogen and oxygen atoms in total. The van der Waals surface area contributed by atoms with Gasteiger partial charge in [0.05, 0.1) is 10.6 Å². The number of unbranched alkanes of at least 4 members (excludes halogenated alkanes) is 1. The molecule has 24 heavy (non-hydrogen) atoms. The number of halogens is 2. The Hall–Kier alpha value is -2.28. The van der Waals surface area contributed by atoms with Gasteiger partial charge in [-0.2, -0.15) is 0 Å². The van der Waals surface area contributed by atoms with Gasteiger partial charge in [-0.25, -0.2) is 4.39 Å². The summed E-state index contributed by atoms with van der Waals surface area (Å²) in [5.74, 6) is -1.05. The van der Waals surface area contributed by atoms with E-state index >= 15 is 0 Å². The van der Waals surface area contributed by atoms with Crippen LogP contribution < -0.4 is 5.32 Å². The summed E-state index contributed by atoms with van der Waals surface area (Å²) in [6.07, 6.45) is 2.56. The van der Waals surface area contributed by atoms with E-state index in [2.05, 4.69) is 21.2 Å². The van der Waals surface area contributed by atoms with Crippen molar-refractivity contribution in [3.8, 4) is 0 Å². The van der Waals surface area contributed by atoms with Crippen molar-refractivity contribution in [1.82, 2.24) is 0 Å². The molecule has 0 fully saturated rings.